The maximum atomic E-state index is 11.9. The Morgan fingerprint density at radius 1 is 1.21 bits per heavy atom. The van der Waals surface area contributed by atoms with Crippen LogP contribution in [0.1, 0.15) is 5.56 Å². The largest absolute Gasteiger partial charge is 0.376 e. The molecule has 0 bridgehead atoms. The second-order valence-electron chi connectivity index (χ2n) is 3.52. The normalized spacial score (nSPS) is 12.9. The van der Waals surface area contributed by atoms with Crippen LogP contribution in [0.15, 0.2) is 30.3 Å². The van der Waals surface area contributed by atoms with Gasteiger partial charge < -0.3 is 21.6 Å². The molecule has 0 aliphatic heterocycles. The van der Waals surface area contributed by atoms with E-state index in [0.29, 0.717) is 0 Å². The molecule has 0 heterocycles. The van der Waals surface area contributed by atoms with Crippen molar-refractivity contribution >= 4 is 29.3 Å². The van der Waals surface area contributed by atoms with E-state index < -0.39 is 17.7 Å². The van der Waals surface area contributed by atoms with Gasteiger partial charge in [0.15, 0.2) is 5.11 Å². The first-order valence-corrected chi connectivity index (χ1v) is 5.46. The Hall–Kier alpha value is -2.39. The number of thiocarbonyl (C=S) groups is 1. The number of carbonyl (C=O) groups is 2. The average Bonchev–Trinajstić information content (AvgIpc) is 2.36. The van der Waals surface area contributed by atoms with Crippen molar-refractivity contribution in [1.29, 1.82) is 0 Å². The molecule has 1 atom stereocenters. The summed E-state index contributed by atoms with van der Waals surface area (Å²) in [6, 6.07) is 7.04. The van der Waals surface area contributed by atoms with Crippen LogP contribution in [0.5, 0.6) is 0 Å². The summed E-state index contributed by atoms with van der Waals surface area (Å²) in [5.74, 6) is -1.02. The smallest absolute Gasteiger partial charge is 0.374 e. The topological polar surface area (TPSA) is 145 Å². The van der Waals surface area contributed by atoms with Crippen LogP contribution in [-0.4, -0.2) is 17.1 Å². The molecule has 8 N–H and O–H groups in total. The third-order valence-electron chi connectivity index (χ3n) is 2.12. The maximum absolute atomic E-state index is 11.9. The molecule has 19 heavy (non-hydrogen) atoms. The lowest BCUT2D eigenvalue weighted by Crippen LogP contribution is -2.61. The van der Waals surface area contributed by atoms with Gasteiger partial charge in [-0.1, -0.05) is 30.3 Å². The van der Waals surface area contributed by atoms with Gasteiger partial charge in [-0.05, 0) is 12.2 Å². The first kappa shape index (κ1) is 14.7. The highest BCUT2D eigenvalue weighted by Crippen LogP contribution is 2.16. The Morgan fingerprint density at radius 2 is 1.79 bits per heavy atom. The van der Waals surface area contributed by atoms with Gasteiger partial charge in [0.05, 0.1) is 0 Å². The van der Waals surface area contributed by atoms with Crippen molar-refractivity contribution < 1.29 is 14.4 Å². The number of nitrogens with one attached hydrogen (secondary N) is 2. The van der Waals surface area contributed by atoms with Crippen LogP contribution in [0.25, 0.3) is 0 Å². The summed E-state index contributed by atoms with van der Waals surface area (Å²) in [7, 11) is 0. The number of urea groups is 1. The van der Waals surface area contributed by atoms with Gasteiger partial charge in [-0.2, -0.15) is 5.48 Å². The van der Waals surface area contributed by atoms with Gasteiger partial charge in [0.1, 0.15) is 0 Å². The second kappa shape index (κ2) is 5.98. The Bertz CT molecular complexity index is 495. The van der Waals surface area contributed by atoms with Crippen molar-refractivity contribution in [1.82, 2.24) is 10.8 Å². The summed E-state index contributed by atoms with van der Waals surface area (Å²) in [6.45, 7) is 0. The molecule has 1 rings (SSSR count). The molecule has 102 valence electrons. The summed E-state index contributed by atoms with van der Waals surface area (Å²) < 4.78 is 0. The van der Waals surface area contributed by atoms with Gasteiger partial charge in [-0.3, -0.25) is 5.73 Å². The SMILES string of the molecule is NC(=O)NC(N)(C(=O)ONC(N)=S)c1ccccc1. The molecule has 0 fully saturated rings. The van der Waals surface area contributed by atoms with Crippen LogP contribution in [0.4, 0.5) is 4.79 Å². The van der Waals surface area contributed by atoms with Gasteiger partial charge in [-0.25, -0.2) is 9.59 Å². The molecular weight excluding hydrogens is 270 g/mol. The number of hydroxylamine groups is 1. The lowest BCUT2D eigenvalue weighted by Gasteiger charge is -2.27. The highest BCUT2D eigenvalue weighted by atomic mass is 32.1. The molecule has 1 unspecified atom stereocenters. The predicted molar refractivity (Wildman–Crippen MR) is 71.0 cm³/mol. The van der Waals surface area contributed by atoms with E-state index >= 15 is 0 Å². The third-order valence-corrected chi connectivity index (χ3v) is 2.20. The van der Waals surface area contributed by atoms with Crippen LogP contribution in [0.3, 0.4) is 0 Å². The zero-order valence-corrected chi connectivity index (χ0v) is 10.6. The van der Waals surface area contributed by atoms with Crippen LogP contribution in [0.2, 0.25) is 0 Å². The summed E-state index contributed by atoms with van der Waals surface area (Å²) in [4.78, 5) is 27.5. The molecule has 9 heteroatoms. The van der Waals surface area contributed by atoms with Gasteiger partial charge in [0.25, 0.3) is 0 Å². The Kier molecular flexibility index (Phi) is 4.62. The molecule has 0 aliphatic carbocycles. The van der Waals surface area contributed by atoms with E-state index in [-0.39, 0.29) is 10.7 Å². The first-order chi connectivity index (χ1) is 8.86. The summed E-state index contributed by atoms with van der Waals surface area (Å²) >= 11 is 4.48. The van der Waals surface area contributed by atoms with E-state index in [9.17, 15) is 9.59 Å². The minimum absolute atomic E-state index is 0.261. The lowest BCUT2D eigenvalue weighted by molar-refractivity contribution is -0.156. The van der Waals surface area contributed by atoms with E-state index in [4.69, 9.17) is 17.2 Å². The van der Waals surface area contributed by atoms with E-state index in [2.05, 4.69) is 22.4 Å². The average molecular weight is 283 g/mol. The van der Waals surface area contributed by atoms with E-state index in [1.807, 2.05) is 5.48 Å². The van der Waals surface area contributed by atoms with Crippen molar-refractivity contribution in [2.75, 3.05) is 0 Å². The number of hydrogen-bond donors (Lipinski definition) is 5. The molecule has 0 saturated heterocycles. The lowest BCUT2D eigenvalue weighted by atomic mass is 10.0. The predicted octanol–water partition coefficient (Wildman–Crippen LogP) is -1.24. The minimum atomic E-state index is -1.95. The second-order valence-corrected chi connectivity index (χ2v) is 3.96. The number of nitrogens with two attached hydrogens (primary N) is 3. The summed E-state index contributed by atoms with van der Waals surface area (Å²) in [5.41, 5.74) is 16.3. The molecular formula is C10H13N5O3S. The Morgan fingerprint density at radius 3 is 2.26 bits per heavy atom. The van der Waals surface area contributed by atoms with Gasteiger partial charge in [-0.15, -0.1) is 0 Å². The van der Waals surface area contributed by atoms with Crippen molar-refractivity contribution in [3.8, 4) is 0 Å². The number of hydrogen-bond acceptors (Lipinski definition) is 5. The Labute approximate surface area is 114 Å². The van der Waals surface area contributed by atoms with Gasteiger partial charge >= 0.3 is 12.0 Å². The van der Waals surface area contributed by atoms with Crippen molar-refractivity contribution in [2.24, 2.45) is 17.2 Å². The molecule has 8 nitrogen and oxygen atoms in total. The molecule has 1 aromatic rings. The fourth-order valence-electron chi connectivity index (χ4n) is 1.31. The van der Waals surface area contributed by atoms with Crippen LogP contribution >= 0.6 is 12.2 Å². The molecule has 0 aliphatic rings. The molecule has 0 saturated carbocycles. The number of benzene rings is 1. The van der Waals surface area contributed by atoms with Crippen molar-refractivity contribution in [2.45, 2.75) is 5.66 Å². The number of carbonyl (C=O) groups excluding carboxylic acids is 2. The Balaban J connectivity index is 3.02. The molecule has 2 amide bonds. The molecule has 1 aromatic carbocycles. The quantitative estimate of drug-likeness (QED) is 0.265. The van der Waals surface area contributed by atoms with Crippen molar-refractivity contribution in [3.63, 3.8) is 0 Å². The zero-order chi connectivity index (χ0) is 14.5. The van der Waals surface area contributed by atoms with E-state index in [1.165, 1.54) is 12.1 Å². The zero-order valence-electron chi connectivity index (χ0n) is 9.75. The first-order valence-electron chi connectivity index (χ1n) is 5.05. The molecule has 0 radical (unpaired) electrons. The number of rotatable bonds is 3. The summed E-state index contributed by atoms with van der Waals surface area (Å²) in [5, 5.41) is 1.85. The highest BCUT2D eigenvalue weighted by Gasteiger charge is 2.39. The van der Waals surface area contributed by atoms with Crippen molar-refractivity contribution in [3.05, 3.63) is 35.9 Å². The fraction of sp³-hybridized carbons (Fsp3) is 0.100. The molecule has 0 aromatic heterocycles. The van der Waals surface area contributed by atoms with Gasteiger partial charge in [0, 0.05) is 5.56 Å². The number of amides is 2. The maximum Gasteiger partial charge on any atom is 0.376 e. The number of primary amides is 1. The van der Waals surface area contributed by atoms with Crippen LogP contribution < -0.4 is 28.0 Å². The summed E-state index contributed by atoms with van der Waals surface area (Å²) in [6.07, 6.45) is 0. The minimum Gasteiger partial charge on any atom is -0.374 e. The van der Waals surface area contributed by atoms with Crippen LogP contribution in [-0.2, 0) is 15.3 Å². The van der Waals surface area contributed by atoms with E-state index in [0.717, 1.165) is 0 Å². The third kappa shape index (κ3) is 3.79. The fourth-order valence-corrected chi connectivity index (χ4v) is 1.36. The highest BCUT2D eigenvalue weighted by molar-refractivity contribution is 7.80. The van der Waals surface area contributed by atoms with Gasteiger partial charge in [0.2, 0.25) is 5.66 Å². The molecule has 0 spiro atoms. The van der Waals surface area contributed by atoms with E-state index in [1.54, 1.807) is 18.2 Å². The standard InChI is InChI=1S/C10H13N5O3S/c11-8(17)14-10(13,6-4-2-1-3-5-6)7(16)18-15-9(12)19/h1-5H,13H2,(H3,11,14,17)(H3,12,15,19). The monoisotopic (exact) mass is 283 g/mol. The van der Waals surface area contributed by atoms with Crippen LogP contribution in [0, 0.1) is 0 Å².